The van der Waals surface area contributed by atoms with E-state index in [1.165, 1.54) is 25.4 Å². The molecule has 3 aromatic rings. The monoisotopic (exact) mass is 354 g/mol. The Morgan fingerprint density at radius 1 is 1.26 bits per heavy atom. The van der Waals surface area contributed by atoms with Crippen molar-refractivity contribution >= 4 is 38.2 Å². The summed E-state index contributed by atoms with van der Waals surface area (Å²) in [7, 11) is -2.68. The van der Waals surface area contributed by atoms with Crippen molar-refractivity contribution in [2.45, 2.75) is 4.90 Å². The lowest BCUT2D eigenvalue weighted by Crippen LogP contribution is -2.14. The minimum absolute atomic E-state index is 0.00512. The van der Waals surface area contributed by atoms with Crippen LogP contribution in [0.25, 0.3) is 10.9 Å². The summed E-state index contributed by atoms with van der Waals surface area (Å²) in [5.41, 5.74) is 0.330. The van der Waals surface area contributed by atoms with E-state index in [0.29, 0.717) is 15.9 Å². The Kier molecular flexibility index (Phi) is 3.91. The van der Waals surface area contributed by atoms with Gasteiger partial charge in [0.05, 0.1) is 7.11 Å². The standard InChI is InChI=1S/C15H12ClFN2O3S/c1-22-13-4-2-3-11(17)15(13)19-23(20,21)14-8-18-12-7-9(16)5-6-10(12)14/h2-8,18-19H,1H3. The predicted octanol–water partition coefficient (Wildman–Crippen LogP) is 3.77. The zero-order valence-corrected chi connectivity index (χ0v) is 13.5. The molecule has 0 spiro atoms. The van der Waals surface area contributed by atoms with Crippen molar-refractivity contribution in [1.82, 2.24) is 4.98 Å². The van der Waals surface area contributed by atoms with Gasteiger partial charge in [0.25, 0.3) is 10.0 Å². The van der Waals surface area contributed by atoms with Crippen molar-refractivity contribution in [3.8, 4) is 5.75 Å². The van der Waals surface area contributed by atoms with Crippen LogP contribution in [0.4, 0.5) is 10.1 Å². The maximum atomic E-state index is 13.9. The molecule has 0 aliphatic heterocycles. The average Bonchev–Trinajstić information content (AvgIpc) is 2.93. The lowest BCUT2D eigenvalue weighted by atomic mass is 10.2. The molecule has 0 unspecified atom stereocenters. The molecule has 23 heavy (non-hydrogen) atoms. The Morgan fingerprint density at radius 2 is 2.04 bits per heavy atom. The molecule has 3 rings (SSSR count). The number of ether oxygens (including phenoxy) is 1. The quantitative estimate of drug-likeness (QED) is 0.749. The van der Waals surface area contributed by atoms with Crippen LogP contribution in [0, 0.1) is 5.82 Å². The van der Waals surface area contributed by atoms with E-state index < -0.39 is 15.8 Å². The third kappa shape index (κ3) is 2.85. The van der Waals surface area contributed by atoms with Gasteiger partial charge >= 0.3 is 0 Å². The smallest absolute Gasteiger partial charge is 0.264 e. The van der Waals surface area contributed by atoms with Crippen molar-refractivity contribution in [3.05, 3.63) is 53.4 Å². The first kappa shape index (κ1) is 15.6. The second kappa shape index (κ2) is 5.75. The minimum atomic E-state index is -4.01. The number of halogens is 2. The molecular formula is C15H12ClFN2O3S. The number of fused-ring (bicyclic) bond motifs is 1. The largest absolute Gasteiger partial charge is 0.494 e. The zero-order valence-electron chi connectivity index (χ0n) is 11.9. The van der Waals surface area contributed by atoms with Gasteiger partial charge in [0.1, 0.15) is 16.3 Å². The number of para-hydroxylation sites is 1. The van der Waals surface area contributed by atoms with Gasteiger partial charge < -0.3 is 9.72 Å². The van der Waals surface area contributed by atoms with Gasteiger partial charge in [-0.15, -0.1) is 0 Å². The zero-order chi connectivity index (χ0) is 16.6. The third-order valence-corrected chi connectivity index (χ3v) is 4.95. The highest BCUT2D eigenvalue weighted by atomic mass is 35.5. The molecule has 120 valence electrons. The second-order valence-electron chi connectivity index (χ2n) is 4.77. The number of aromatic nitrogens is 1. The molecule has 2 aromatic carbocycles. The number of aromatic amines is 1. The third-order valence-electron chi connectivity index (χ3n) is 3.33. The fourth-order valence-corrected chi connectivity index (χ4v) is 3.69. The van der Waals surface area contributed by atoms with Crippen molar-refractivity contribution in [1.29, 1.82) is 0 Å². The van der Waals surface area contributed by atoms with Crippen LogP contribution in [0.1, 0.15) is 0 Å². The summed E-state index contributed by atoms with van der Waals surface area (Å²) in [5, 5.41) is 0.934. The Morgan fingerprint density at radius 3 is 2.78 bits per heavy atom. The summed E-state index contributed by atoms with van der Waals surface area (Å²) in [6.07, 6.45) is 1.33. The highest BCUT2D eigenvalue weighted by Gasteiger charge is 2.22. The molecule has 0 bridgehead atoms. The van der Waals surface area contributed by atoms with Crippen LogP contribution in [0.5, 0.6) is 5.75 Å². The number of hydrogen-bond acceptors (Lipinski definition) is 3. The molecule has 0 saturated heterocycles. The van der Waals surface area contributed by atoms with Gasteiger partial charge in [0, 0.05) is 22.1 Å². The number of sulfonamides is 1. The fraction of sp³-hybridized carbons (Fsp3) is 0.0667. The number of anilines is 1. The number of nitrogens with one attached hydrogen (secondary N) is 2. The Hall–Kier alpha value is -2.25. The van der Waals surface area contributed by atoms with Crippen LogP contribution in [0.15, 0.2) is 47.5 Å². The van der Waals surface area contributed by atoms with Crippen LogP contribution in [0.3, 0.4) is 0 Å². The molecule has 2 N–H and O–H groups in total. The SMILES string of the molecule is COc1cccc(F)c1NS(=O)(=O)c1c[nH]c2cc(Cl)ccc12. The van der Waals surface area contributed by atoms with E-state index in [-0.39, 0.29) is 16.3 Å². The van der Waals surface area contributed by atoms with Crippen molar-refractivity contribution in [3.63, 3.8) is 0 Å². The number of methoxy groups -OCH3 is 1. The lowest BCUT2D eigenvalue weighted by Gasteiger charge is -2.12. The predicted molar refractivity (Wildman–Crippen MR) is 87.1 cm³/mol. The summed E-state index contributed by atoms with van der Waals surface area (Å²) in [6, 6.07) is 8.83. The molecule has 0 fully saturated rings. The van der Waals surface area contributed by atoms with Crippen LogP contribution in [-0.2, 0) is 10.0 Å². The Balaban J connectivity index is 2.08. The summed E-state index contributed by atoms with van der Waals surface area (Å²) in [6.45, 7) is 0. The van der Waals surface area contributed by atoms with Crippen LogP contribution in [0.2, 0.25) is 5.02 Å². The summed E-state index contributed by atoms with van der Waals surface area (Å²) in [5.74, 6) is -0.632. The van der Waals surface area contributed by atoms with E-state index >= 15 is 0 Å². The second-order valence-corrected chi connectivity index (χ2v) is 6.85. The van der Waals surface area contributed by atoms with E-state index in [4.69, 9.17) is 16.3 Å². The molecule has 0 saturated carbocycles. The van der Waals surface area contributed by atoms with Gasteiger partial charge in [-0.25, -0.2) is 12.8 Å². The Bertz CT molecular complexity index is 986. The molecule has 1 aromatic heterocycles. The summed E-state index contributed by atoms with van der Waals surface area (Å²) in [4.78, 5) is 2.83. The molecule has 1 heterocycles. The molecular weight excluding hydrogens is 343 g/mol. The first-order chi connectivity index (χ1) is 10.9. The van der Waals surface area contributed by atoms with Gasteiger partial charge in [0.15, 0.2) is 5.82 Å². The Labute approximate surface area is 137 Å². The maximum absolute atomic E-state index is 13.9. The molecule has 5 nitrogen and oxygen atoms in total. The molecule has 0 radical (unpaired) electrons. The summed E-state index contributed by atoms with van der Waals surface area (Å²) < 4.78 is 46.4. The van der Waals surface area contributed by atoms with Crippen LogP contribution < -0.4 is 9.46 Å². The van der Waals surface area contributed by atoms with Gasteiger partial charge in [-0.2, -0.15) is 0 Å². The number of hydrogen-bond donors (Lipinski definition) is 2. The molecule has 0 aliphatic rings. The number of H-pyrrole nitrogens is 1. The first-order valence-electron chi connectivity index (χ1n) is 6.54. The van der Waals surface area contributed by atoms with E-state index in [1.807, 2.05) is 0 Å². The van der Waals surface area contributed by atoms with Crippen molar-refractivity contribution < 1.29 is 17.5 Å². The number of rotatable bonds is 4. The van der Waals surface area contributed by atoms with Crippen LogP contribution in [-0.4, -0.2) is 20.5 Å². The van der Waals surface area contributed by atoms with Crippen molar-refractivity contribution in [2.24, 2.45) is 0 Å². The normalized spacial score (nSPS) is 11.6. The van der Waals surface area contributed by atoms with E-state index in [1.54, 1.807) is 18.2 Å². The summed E-state index contributed by atoms with van der Waals surface area (Å²) >= 11 is 5.88. The number of benzene rings is 2. The molecule has 0 aliphatic carbocycles. The van der Waals surface area contributed by atoms with Gasteiger partial charge in [-0.1, -0.05) is 17.7 Å². The fourth-order valence-electron chi connectivity index (χ4n) is 2.26. The average molecular weight is 355 g/mol. The van der Waals surface area contributed by atoms with Gasteiger partial charge in [-0.3, -0.25) is 4.72 Å². The highest BCUT2D eigenvalue weighted by Crippen LogP contribution is 2.31. The van der Waals surface area contributed by atoms with E-state index in [0.717, 1.165) is 6.07 Å². The van der Waals surface area contributed by atoms with Crippen molar-refractivity contribution in [2.75, 3.05) is 11.8 Å². The molecule has 0 amide bonds. The molecule has 8 heteroatoms. The molecule has 0 atom stereocenters. The maximum Gasteiger partial charge on any atom is 0.264 e. The van der Waals surface area contributed by atoms with E-state index in [9.17, 15) is 12.8 Å². The van der Waals surface area contributed by atoms with Crippen LogP contribution >= 0.6 is 11.6 Å². The topological polar surface area (TPSA) is 71.2 Å². The lowest BCUT2D eigenvalue weighted by molar-refractivity contribution is 0.414. The van der Waals surface area contributed by atoms with E-state index in [2.05, 4.69) is 9.71 Å². The minimum Gasteiger partial charge on any atom is -0.494 e. The van der Waals surface area contributed by atoms with Gasteiger partial charge in [-0.05, 0) is 30.3 Å². The van der Waals surface area contributed by atoms with Gasteiger partial charge in [0.2, 0.25) is 0 Å². The first-order valence-corrected chi connectivity index (χ1v) is 8.40. The highest BCUT2D eigenvalue weighted by molar-refractivity contribution is 7.93.